The molecule has 0 aliphatic carbocycles. The molecule has 3 rings (SSSR count). The van der Waals surface area contributed by atoms with Crippen molar-refractivity contribution in [3.8, 4) is 0 Å². The highest BCUT2D eigenvalue weighted by Crippen LogP contribution is 2.22. The average molecular weight is 270 g/mol. The molecule has 2 amide bonds. The molecule has 0 unspecified atom stereocenters. The van der Waals surface area contributed by atoms with Gasteiger partial charge in [0.15, 0.2) is 0 Å². The Morgan fingerprint density at radius 2 is 2.10 bits per heavy atom. The van der Waals surface area contributed by atoms with Crippen LogP contribution in [-0.4, -0.2) is 21.6 Å². The number of rotatable bonds is 2. The van der Waals surface area contributed by atoms with E-state index in [-0.39, 0.29) is 12.3 Å². The maximum atomic E-state index is 11.8. The summed E-state index contributed by atoms with van der Waals surface area (Å²) in [5.74, 6) is -0.513. The van der Waals surface area contributed by atoms with Crippen LogP contribution in [0.1, 0.15) is 27.2 Å². The average Bonchev–Trinajstić information content (AvgIpc) is 2.69. The van der Waals surface area contributed by atoms with E-state index in [1.165, 1.54) is 0 Å². The molecule has 3 N–H and O–H groups in total. The van der Waals surface area contributed by atoms with Crippen LogP contribution in [-0.2, 0) is 17.8 Å². The molecule has 0 fully saturated rings. The van der Waals surface area contributed by atoms with Crippen molar-refractivity contribution in [2.45, 2.75) is 19.9 Å². The zero-order chi connectivity index (χ0) is 14.3. The van der Waals surface area contributed by atoms with Crippen molar-refractivity contribution in [1.29, 1.82) is 0 Å². The molecule has 0 atom stereocenters. The lowest BCUT2D eigenvalue weighted by molar-refractivity contribution is -0.119. The van der Waals surface area contributed by atoms with Crippen molar-refractivity contribution in [1.82, 2.24) is 15.1 Å². The van der Waals surface area contributed by atoms with Crippen molar-refractivity contribution in [2.75, 3.05) is 5.73 Å². The Labute approximate surface area is 115 Å². The number of nitrogen functional groups attached to an aromatic ring is 1. The second kappa shape index (κ2) is 4.48. The van der Waals surface area contributed by atoms with Crippen LogP contribution < -0.4 is 11.1 Å². The number of carbonyl (C=O) groups excluding carboxylic acids is 2. The molecule has 20 heavy (non-hydrogen) atoms. The van der Waals surface area contributed by atoms with Crippen LogP contribution in [0.15, 0.2) is 24.3 Å². The number of imide groups is 1. The van der Waals surface area contributed by atoms with Crippen molar-refractivity contribution in [3.05, 3.63) is 46.6 Å². The van der Waals surface area contributed by atoms with E-state index in [0.717, 1.165) is 11.1 Å². The maximum Gasteiger partial charge on any atom is 0.263 e. The summed E-state index contributed by atoms with van der Waals surface area (Å²) in [5.41, 5.74) is 8.95. The minimum absolute atomic E-state index is 0.0893. The van der Waals surface area contributed by atoms with E-state index in [2.05, 4.69) is 10.4 Å². The molecule has 2 aromatic rings. The van der Waals surface area contributed by atoms with Crippen molar-refractivity contribution in [2.24, 2.45) is 0 Å². The minimum Gasteiger partial charge on any atom is -0.383 e. The second-order valence-electron chi connectivity index (χ2n) is 4.85. The number of hydrogen-bond acceptors (Lipinski definition) is 4. The van der Waals surface area contributed by atoms with E-state index in [9.17, 15) is 9.59 Å². The van der Waals surface area contributed by atoms with Crippen LogP contribution in [0, 0.1) is 6.92 Å². The molecule has 1 aliphatic rings. The summed E-state index contributed by atoms with van der Waals surface area (Å²) in [6, 6.07) is 7.90. The van der Waals surface area contributed by atoms with E-state index >= 15 is 0 Å². The number of nitrogens with two attached hydrogens (primary N) is 1. The second-order valence-corrected chi connectivity index (χ2v) is 4.85. The summed E-state index contributed by atoms with van der Waals surface area (Å²) in [6.07, 6.45) is 0.0893. The van der Waals surface area contributed by atoms with Gasteiger partial charge in [0.2, 0.25) is 5.91 Å². The Balaban J connectivity index is 2.00. The number of nitrogens with one attached hydrogen (secondary N) is 1. The third-order valence-electron chi connectivity index (χ3n) is 3.45. The smallest absolute Gasteiger partial charge is 0.263 e. The van der Waals surface area contributed by atoms with Gasteiger partial charge in [-0.1, -0.05) is 24.3 Å². The molecule has 0 spiro atoms. The number of carbonyl (C=O) groups is 2. The number of hydrogen-bond donors (Lipinski definition) is 2. The molecule has 1 aromatic heterocycles. The Kier molecular flexibility index (Phi) is 2.78. The number of anilines is 1. The number of fused-ring (bicyclic) bond motifs is 1. The summed E-state index contributed by atoms with van der Waals surface area (Å²) in [7, 11) is 0. The highest BCUT2D eigenvalue weighted by molar-refractivity contribution is 6.11. The summed E-state index contributed by atoms with van der Waals surface area (Å²) >= 11 is 0. The van der Waals surface area contributed by atoms with Gasteiger partial charge in [0.05, 0.1) is 18.7 Å². The highest BCUT2D eigenvalue weighted by Gasteiger charge is 2.29. The normalized spacial score (nSPS) is 14.1. The Hall–Kier alpha value is -2.63. The number of aromatic nitrogens is 2. The lowest BCUT2D eigenvalue weighted by Gasteiger charge is -2.09. The van der Waals surface area contributed by atoms with Gasteiger partial charge in [-0.15, -0.1) is 0 Å². The lowest BCUT2D eigenvalue weighted by Crippen LogP contribution is -2.37. The first kappa shape index (κ1) is 12.4. The van der Waals surface area contributed by atoms with E-state index < -0.39 is 5.91 Å². The van der Waals surface area contributed by atoms with Gasteiger partial charge in [-0.25, -0.2) is 4.68 Å². The van der Waals surface area contributed by atoms with Gasteiger partial charge in [-0.3, -0.25) is 14.9 Å². The largest absolute Gasteiger partial charge is 0.383 e. The fourth-order valence-electron chi connectivity index (χ4n) is 2.35. The lowest BCUT2D eigenvalue weighted by atomic mass is 10.1. The molecular weight excluding hydrogens is 256 g/mol. The van der Waals surface area contributed by atoms with Crippen LogP contribution in [0.5, 0.6) is 0 Å². The van der Waals surface area contributed by atoms with Gasteiger partial charge in [-0.05, 0) is 18.1 Å². The molecule has 2 heterocycles. The van der Waals surface area contributed by atoms with Crippen molar-refractivity contribution >= 4 is 17.6 Å². The molecular formula is C14H14N4O2. The zero-order valence-corrected chi connectivity index (χ0v) is 11.0. The van der Waals surface area contributed by atoms with Gasteiger partial charge >= 0.3 is 0 Å². The summed E-state index contributed by atoms with van der Waals surface area (Å²) in [4.78, 5) is 23.1. The van der Waals surface area contributed by atoms with Crippen molar-refractivity contribution in [3.63, 3.8) is 0 Å². The van der Waals surface area contributed by atoms with E-state index in [0.29, 0.717) is 23.6 Å². The quantitative estimate of drug-likeness (QED) is 0.783. The van der Waals surface area contributed by atoms with E-state index in [4.69, 9.17) is 5.73 Å². The number of aryl methyl sites for hydroxylation is 1. The Morgan fingerprint density at radius 3 is 2.85 bits per heavy atom. The minimum atomic E-state index is -0.468. The van der Waals surface area contributed by atoms with Crippen LogP contribution in [0.25, 0.3) is 0 Å². The van der Waals surface area contributed by atoms with Gasteiger partial charge < -0.3 is 5.73 Å². The number of nitrogens with zero attached hydrogens (tertiary/aromatic N) is 2. The standard InChI is InChI=1S/C14H14N4O2/c1-8-4-2-3-5-9(8)7-18-13(15)12-10(17-18)6-11(19)16-14(12)20/h2-5H,6-7,15H2,1H3,(H,16,19,20). The summed E-state index contributed by atoms with van der Waals surface area (Å²) in [6.45, 7) is 2.48. The maximum absolute atomic E-state index is 11.8. The predicted molar refractivity (Wildman–Crippen MR) is 73.1 cm³/mol. The third-order valence-corrected chi connectivity index (χ3v) is 3.45. The molecule has 102 valence electrons. The van der Waals surface area contributed by atoms with Gasteiger partial charge in [0, 0.05) is 0 Å². The number of benzene rings is 1. The molecule has 6 nitrogen and oxygen atoms in total. The summed E-state index contributed by atoms with van der Waals surface area (Å²) in [5, 5.41) is 6.55. The highest BCUT2D eigenvalue weighted by atomic mass is 16.2. The SMILES string of the molecule is Cc1ccccc1Cn1nc2c(c1N)C(=O)NC(=O)C2. The fourth-order valence-corrected chi connectivity index (χ4v) is 2.35. The predicted octanol–water partition coefficient (Wildman–Crippen LogP) is 0.635. The third kappa shape index (κ3) is 1.95. The van der Waals surface area contributed by atoms with Crippen LogP contribution in [0.3, 0.4) is 0 Å². The van der Waals surface area contributed by atoms with Crippen molar-refractivity contribution < 1.29 is 9.59 Å². The van der Waals surface area contributed by atoms with Crippen LogP contribution >= 0.6 is 0 Å². The van der Waals surface area contributed by atoms with E-state index in [1.807, 2.05) is 31.2 Å². The van der Waals surface area contributed by atoms with Crippen LogP contribution in [0.4, 0.5) is 5.82 Å². The first-order chi connectivity index (χ1) is 9.56. The molecule has 0 saturated carbocycles. The monoisotopic (exact) mass is 270 g/mol. The molecule has 1 aromatic carbocycles. The van der Waals surface area contributed by atoms with Crippen LogP contribution in [0.2, 0.25) is 0 Å². The Morgan fingerprint density at radius 1 is 1.35 bits per heavy atom. The topological polar surface area (TPSA) is 90.0 Å². The molecule has 1 aliphatic heterocycles. The van der Waals surface area contributed by atoms with Gasteiger partial charge in [0.25, 0.3) is 5.91 Å². The Bertz CT molecular complexity index is 718. The summed E-state index contributed by atoms with van der Waals surface area (Å²) < 4.78 is 1.57. The van der Waals surface area contributed by atoms with Gasteiger partial charge in [-0.2, -0.15) is 5.10 Å². The van der Waals surface area contributed by atoms with E-state index in [1.54, 1.807) is 4.68 Å². The molecule has 0 radical (unpaired) electrons. The first-order valence-corrected chi connectivity index (χ1v) is 6.30. The van der Waals surface area contributed by atoms with Gasteiger partial charge in [0.1, 0.15) is 11.4 Å². The molecule has 0 saturated heterocycles. The first-order valence-electron chi connectivity index (χ1n) is 6.30. The molecule has 6 heteroatoms. The molecule has 0 bridgehead atoms. The fraction of sp³-hybridized carbons (Fsp3) is 0.214. The number of amides is 2. The zero-order valence-electron chi connectivity index (χ0n) is 11.0.